The Morgan fingerprint density at radius 2 is 2.14 bits per heavy atom. The third kappa shape index (κ3) is 2.60. The van der Waals surface area contributed by atoms with Crippen LogP contribution in [0.3, 0.4) is 0 Å². The SMILES string of the molecule is [CH2]CC(N)N(C)C. The van der Waals surface area contributed by atoms with E-state index >= 15 is 0 Å². The summed E-state index contributed by atoms with van der Waals surface area (Å²) in [6.45, 7) is 3.64. The van der Waals surface area contributed by atoms with Gasteiger partial charge in [-0.3, -0.25) is 4.90 Å². The molecule has 0 amide bonds. The molecule has 1 radical (unpaired) electrons. The van der Waals surface area contributed by atoms with E-state index in [0.29, 0.717) is 0 Å². The van der Waals surface area contributed by atoms with Crippen molar-refractivity contribution in [3.63, 3.8) is 0 Å². The fourth-order valence-corrected chi connectivity index (χ4v) is 0.258. The van der Waals surface area contributed by atoms with E-state index in [9.17, 15) is 0 Å². The van der Waals surface area contributed by atoms with Crippen molar-refractivity contribution in [3.05, 3.63) is 6.92 Å². The molecule has 0 aliphatic carbocycles. The number of nitrogens with two attached hydrogens (primary N) is 1. The highest BCUT2D eigenvalue weighted by atomic mass is 15.2. The minimum Gasteiger partial charge on any atom is -0.316 e. The first-order valence-electron chi connectivity index (χ1n) is 2.39. The van der Waals surface area contributed by atoms with Crippen LogP contribution in [-0.4, -0.2) is 25.2 Å². The van der Waals surface area contributed by atoms with Gasteiger partial charge in [-0.05, 0) is 20.5 Å². The first-order valence-corrected chi connectivity index (χ1v) is 2.39. The minimum atomic E-state index is 0.125. The quantitative estimate of drug-likeness (QED) is 0.498. The highest BCUT2D eigenvalue weighted by Gasteiger charge is 1.97. The van der Waals surface area contributed by atoms with Crippen LogP contribution < -0.4 is 5.73 Å². The Balaban J connectivity index is 3.14. The Labute approximate surface area is 45.3 Å². The molecule has 0 saturated heterocycles. The monoisotopic (exact) mass is 101 g/mol. The fourth-order valence-electron chi connectivity index (χ4n) is 0.258. The standard InChI is InChI=1S/C5H13N2/c1-4-5(6)7(2)3/h5H,1,4,6H2,2-3H3. The summed E-state index contributed by atoms with van der Waals surface area (Å²) in [6.07, 6.45) is 0.896. The average molecular weight is 101 g/mol. The van der Waals surface area contributed by atoms with Crippen molar-refractivity contribution in [1.82, 2.24) is 4.90 Å². The zero-order chi connectivity index (χ0) is 5.86. The van der Waals surface area contributed by atoms with Gasteiger partial charge in [0.15, 0.2) is 0 Å². The Morgan fingerprint density at radius 1 is 1.71 bits per heavy atom. The second kappa shape index (κ2) is 2.99. The van der Waals surface area contributed by atoms with Gasteiger partial charge in [-0.2, -0.15) is 0 Å². The van der Waals surface area contributed by atoms with Crippen LogP contribution in [0, 0.1) is 6.92 Å². The lowest BCUT2D eigenvalue weighted by Crippen LogP contribution is -2.35. The second-order valence-electron chi connectivity index (χ2n) is 1.82. The molecule has 0 aromatic carbocycles. The molecule has 1 atom stereocenters. The molecule has 0 aliphatic heterocycles. The lowest BCUT2D eigenvalue weighted by atomic mass is 10.4. The molecule has 0 aliphatic rings. The molecule has 0 rings (SSSR count). The number of hydrogen-bond acceptors (Lipinski definition) is 2. The lowest BCUT2D eigenvalue weighted by molar-refractivity contribution is 0.302. The molecule has 2 nitrogen and oxygen atoms in total. The molecule has 7 heavy (non-hydrogen) atoms. The van der Waals surface area contributed by atoms with Crippen molar-refractivity contribution in [2.24, 2.45) is 5.73 Å². The molecule has 1 unspecified atom stereocenters. The number of rotatable bonds is 2. The summed E-state index contributed by atoms with van der Waals surface area (Å²) in [6, 6.07) is 0. The normalized spacial score (nSPS) is 15.0. The largest absolute Gasteiger partial charge is 0.316 e. The van der Waals surface area contributed by atoms with E-state index < -0.39 is 0 Å². The third-order valence-corrected chi connectivity index (χ3v) is 0.959. The molecule has 0 heterocycles. The Morgan fingerprint density at radius 3 is 2.14 bits per heavy atom. The molecule has 0 aromatic rings. The summed E-state index contributed by atoms with van der Waals surface area (Å²) in [5, 5.41) is 0. The van der Waals surface area contributed by atoms with E-state index in [2.05, 4.69) is 6.92 Å². The predicted octanol–water partition coefficient (Wildman–Crippen LogP) is 0.0570. The highest BCUT2D eigenvalue weighted by molar-refractivity contribution is 4.56. The predicted molar refractivity (Wildman–Crippen MR) is 31.6 cm³/mol. The van der Waals surface area contributed by atoms with Gasteiger partial charge in [0, 0.05) is 0 Å². The first kappa shape index (κ1) is 6.92. The number of nitrogens with zero attached hydrogens (tertiary/aromatic N) is 1. The smallest absolute Gasteiger partial charge is 0.0566 e. The Kier molecular flexibility index (Phi) is 2.96. The van der Waals surface area contributed by atoms with Crippen LogP contribution in [0.15, 0.2) is 0 Å². The highest BCUT2D eigenvalue weighted by Crippen LogP contribution is 1.86. The summed E-state index contributed by atoms with van der Waals surface area (Å²) < 4.78 is 0. The molecule has 0 spiro atoms. The Hall–Kier alpha value is -0.0800. The van der Waals surface area contributed by atoms with Crippen LogP contribution in [0.2, 0.25) is 0 Å². The van der Waals surface area contributed by atoms with Crippen LogP contribution in [0.1, 0.15) is 6.42 Å². The second-order valence-corrected chi connectivity index (χ2v) is 1.82. The maximum atomic E-state index is 5.48. The van der Waals surface area contributed by atoms with E-state index in [0.717, 1.165) is 6.42 Å². The van der Waals surface area contributed by atoms with Gasteiger partial charge in [-0.1, -0.05) is 6.92 Å². The van der Waals surface area contributed by atoms with Gasteiger partial charge in [-0.25, -0.2) is 0 Å². The lowest BCUT2D eigenvalue weighted by Gasteiger charge is -2.16. The van der Waals surface area contributed by atoms with Crippen molar-refractivity contribution in [2.45, 2.75) is 12.6 Å². The van der Waals surface area contributed by atoms with E-state index in [1.165, 1.54) is 0 Å². The number of hydrogen-bond donors (Lipinski definition) is 1. The van der Waals surface area contributed by atoms with Crippen molar-refractivity contribution in [2.75, 3.05) is 14.1 Å². The van der Waals surface area contributed by atoms with Gasteiger partial charge in [0.2, 0.25) is 0 Å². The minimum absolute atomic E-state index is 0.125. The molecule has 0 aromatic heterocycles. The van der Waals surface area contributed by atoms with Gasteiger partial charge in [0.05, 0.1) is 6.17 Å². The topological polar surface area (TPSA) is 29.3 Å². The van der Waals surface area contributed by atoms with E-state index in [1.54, 1.807) is 0 Å². The van der Waals surface area contributed by atoms with Crippen LogP contribution in [0.4, 0.5) is 0 Å². The summed E-state index contributed by atoms with van der Waals surface area (Å²) in [5.74, 6) is 0. The average Bonchev–Trinajstić information content (AvgIpc) is 1.65. The first-order chi connectivity index (χ1) is 3.18. The zero-order valence-electron chi connectivity index (χ0n) is 5.02. The Bertz CT molecular complexity index is 43.3. The molecule has 0 saturated carbocycles. The maximum Gasteiger partial charge on any atom is 0.0566 e. The van der Waals surface area contributed by atoms with Gasteiger partial charge in [0.25, 0.3) is 0 Å². The molecular formula is C5H13N2. The van der Waals surface area contributed by atoms with E-state index in [-0.39, 0.29) is 6.17 Å². The van der Waals surface area contributed by atoms with Gasteiger partial charge < -0.3 is 5.73 Å². The summed E-state index contributed by atoms with van der Waals surface area (Å²) >= 11 is 0. The van der Waals surface area contributed by atoms with Gasteiger partial charge >= 0.3 is 0 Å². The van der Waals surface area contributed by atoms with Crippen molar-refractivity contribution in [3.8, 4) is 0 Å². The molecule has 0 fully saturated rings. The van der Waals surface area contributed by atoms with Gasteiger partial charge in [-0.15, -0.1) is 0 Å². The van der Waals surface area contributed by atoms with Crippen LogP contribution >= 0.6 is 0 Å². The van der Waals surface area contributed by atoms with E-state index in [1.807, 2.05) is 19.0 Å². The maximum absolute atomic E-state index is 5.48. The van der Waals surface area contributed by atoms with Crippen molar-refractivity contribution in [1.29, 1.82) is 0 Å². The van der Waals surface area contributed by atoms with Crippen LogP contribution in [0.5, 0.6) is 0 Å². The van der Waals surface area contributed by atoms with E-state index in [4.69, 9.17) is 5.73 Å². The molecule has 2 N–H and O–H groups in total. The van der Waals surface area contributed by atoms with Crippen LogP contribution in [-0.2, 0) is 0 Å². The molecular weight excluding hydrogens is 88.1 g/mol. The van der Waals surface area contributed by atoms with Crippen LogP contribution in [0.25, 0.3) is 0 Å². The fraction of sp³-hybridized carbons (Fsp3) is 0.800. The van der Waals surface area contributed by atoms with Crippen molar-refractivity contribution >= 4 is 0 Å². The zero-order valence-corrected chi connectivity index (χ0v) is 5.02. The molecule has 0 bridgehead atoms. The molecule has 2 heteroatoms. The summed E-state index contributed by atoms with van der Waals surface area (Å²) in [7, 11) is 3.88. The summed E-state index contributed by atoms with van der Waals surface area (Å²) in [5.41, 5.74) is 5.48. The van der Waals surface area contributed by atoms with Crippen molar-refractivity contribution < 1.29 is 0 Å². The molecule has 43 valence electrons. The van der Waals surface area contributed by atoms with Gasteiger partial charge in [0.1, 0.15) is 0 Å². The third-order valence-electron chi connectivity index (χ3n) is 0.959. The summed E-state index contributed by atoms with van der Waals surface area (Å²) in [4.78, 5) is 1.94.